The highest BCUT2D eigenvalue weighted by Gasteiger charge is 2.30. The fraction of sp³-hybridized carbons (Fsp3) is 0.769. The molecule has 0 N–H and O–H groups in total. The van der Waals surface area contributed by atoms with Crippen LogP contribution >= 0.6 is 0 Å². The van der Waals surface area contributed by atoms with Gasteiger partial charge < -0.3 is 9.47 Å². The van der Waals surface area contributed by atoms with Crippen LogP contribution in [-0.2, 0) is 9.47 Å². The third-order valence-corrected chi connectivity index (χ3v) is 7.42. The van der Waals surface area contributed by atoms with Crippen LogP contribution in [-0.4, -0.2) is 27.6 Å². The highest BCUT2D eigenvalue weighted by molar-refractivity contribution is 6.84. The van der Waals surface area contributed by atoms with E-state index >= 15 is 0 Å². The average Bonchev–Trinajstić information content (AvgIpc) is 2.38. The van der Waals surface area contributed by atoms with Crippen LogP contribution < -0.4 is 0 Å². The molecule has 17 heavy (non-hydrogen) atoms. The topological polar surface area (TPSA) is 35.5 Å². The van der Waals surface area contributed by atoms with Gasteiger partial charge in [-0.3, -0.25) is 0 Å². The maximum absolute atomic E-state index is 11.1. The number of hydrogen-bond acceptors (Lipinski definition) is 3. The third-order valence-electron chi connectivity index (χ3n) is 3.13. The van der Waals surface area contributed by atoms with E-state index in [1.807, 2.05) is 0 Å². The molecule has 0 unspecified atom stereocenters. The van der Waals surface area contributed by atoms with Crippen LogP contribution in [0.3, 0.4) is 0 Å². The van der Waals surface area contributed by atoms with E-state index in [-0.39, 0.29) is 0 Å². The van der Waals surface area contributed by atoms with Crippen molar-refractivity contribution in [2.45, 2.75) is 51.6 Å². The van der Waals surface area contributed by atoms with Crippen molar-refractivity contribution in [1.82, 2.24) is 0 Å². The SMILES string of the molecule is C=C[Si](CCCC)(CCCC)COC(=O)OC. The minimum absolute atomic E-state index is 0.517. The number of methoxy groups -OCH3 is 1. The minimum Gasteiger partial charge on any atom is -0.438 e. The minimum atomic E-state index is -1.65. The summed E-state index contributed by atoms with van der Waals surface area (Å²) in [4.78, 5) is 11.1. The first kappa shape index (κ1) is 16.2. The molecule has 100 valence electrons. The van der Waals surface area contributed by atoms with E-state index in [2.05, 4.69) is 30.9 Å². The lowest BCUT2D eigenvalue weighted by Crippen LogP contribution is -2.39. The first-order chi connectivity index (χ1) is 8.14. The number of unbranched alkanes of at least 4 members (excludes halogenated alkanes) is 2. The Hall–Kier alpha value is -0.773. The smallest absolute Gasteiger partial charge is 0.438 e. The van der Waals surface area contributed by atoms with Crippen molar-refractivity contribution in [1.29, 1.82) is 0 Å². The Balaban J connectivity index is 4.42. The van der Waals surface area contributed by atoms with Gasteiger partial charge in [-0.25, -0.2) is 4.79 Å². The van der Waals surface area contributed by atoms with Crippen LogP contribution in [0.2, 0.25) is 12.1 Å². The molecule has 0 rings (SSSR count). The molecule has 0 aromatic rings. The second kappa shape index (κ2) is 9.28. The van der Waals surface area contributed by atoms with Crippen LogP contribution in [0.1, 0.15) is 39.5 Å². The largest absolute Gasteiger partial charge is 0.507 e. The quantitative estimate of drug-likeness (QED) is 0.462. The predicted molar refractivity (Wildman–Crippen MR) is 73.7 cm³/mol. The first-order valence-electron chi connectivity index (χ1n) is 6.48. The van der Waals surface area contributed by atoms with E-state index in [4.69, 9.17) is 4.74 Å². The van der Waals surface area contributed by atoms with E-state index in [1.165, 1.54) is 32.8 Å². The van der Waals surface area contributed by atoms with Gasteiger partial charge in [-0.2, -0.15) is 0 Å². The van der Waals surface area contributed by atoms with Gasteiger partial charge in [0.2, 0.25) is 0 Å². The molecule has 0 aliphatic carbocycles. The van der Waals surface area contributed by atoms with Gasteiger partial charge in [-0.1, -0.05) is 57.3 Å². The number of rotatable bonds is 9. The van der Waals surface area contributed by atoms with E-state index in [0.29, 0.717) is 6.23 Å². The Bertz CT molecular complexity index is 221. The zero-order chi connectivity index (χ0) is 13.1. The summed E-state index contributed by atoms with van der Waals surface area (Å²) >= 11 is 0. The van der Waals surface area contributed by atoms with Crippen molar-refractivity contribution in [3.63, 3.8) is 0 Å². The summed E-state index contributed by atoms with van der Waals surface area (Å²) < 4.78 is 9.70. The molecular formula is C13H26O3Si. The number of carbonyl (C=O) groups excluding carboxylic acids is 1. The molecule has 0 bridgehead atoms. The van der Waals surface area contributed by atoms with Crippen molar-refractivity contribution in [2.24, 2.45) is 0 Å². The Labute approximate surface area is 106 Å². The summed E-state index contributed by atoms with van der Waals surface area (Å²) in [5.41, 5.74) is 2.08. The monoisotopic (exact) mass is 258 g/mol. The van der Waals surface area contributed by atoms with Crippen molar-refractivity contribution in [3.05, 3.63) is 12.3 Å². The van der Waals surface area contributed by atoms with Crippen LogP contribution in [0.15, 0.2) is 12.3 Å². The number of hydrogen-bond donors (Lipinski definition) is 0. The van der Waals surface area contributed by atoms with Gasteiger partial charge in [0.05, 0.1) is 13.3 Å². The van der Waals surface area contributed by atoms with E-state index in [0.717, 1.165) is 12.1 Å². The summed E-state index contributed by atoms with van der Waals surface area (Å²) in [5.74, 6) is 0. The molecule has 0 aromatic carbocycles. The van der Waals surface area contributed by atoms with E-state index < -0.39 is 14.2 Å². The van der Waals surface area contributed by atoms with Crippen LogP contribution in [0.5, 0.6) is 0 Å². The average molecular weight is 258 g/mol. The molecule has 4 heteroatoms. The van der Waals surface area contributed by atoms with Gasteiger partial charge in [-0.15, -0.1) is 6.58 Å². The van der Waals surface area contributed by atoms with Gasteiger partial charge >= 0.3 is 6.16 Å². The Morgan fingerprint density at radius 1 is 1.24 bits per heavy atom. The number of carbonyl (C=O) groups is 1. The lowest BCUT2D eigenvalue weighted by Gasteiger charge is -2.27. The van der Waals surface area contributed by atoms with Gasteiger partial charge in [-0.05, 0) is 0 Å². The highest BCUT2D eigenvalue weighted by atomic mass is 28.3. The molecule has 0 saturated carbocycles. The van der Waals surface area contributed by atoms with Crippen molar-refractivity contribution < 1.29 is 14.3 Å². The van der Waals surface area contributed by atoms with Gasteiger partial charge in [0.25, 0.3) is 0 Å². The summed E-state index contributed by atoms with van der Waals surface area (Å²) in [6.07, 6.45) is 4.67. The van der Waals surface area contributed by atoms with Crippen LogP contribution in [0.4, 0.5) is 4.79 Å². The summed E-state index contributed by atoms with van der Waals surface area (Å²) in [6, 6.07) is 2.31. The lowest BCUT2D eigenvalue weighted by molar-refractivity contribution is 0.0848. The van der Waals surface area contributed by atoms with Crippen molar-refractivity contribution in [3.8, 4) is 0 Å². The van der Waals surface area contributed by atoms with E-state index in [1.54, 1.807) is 0 Å². The first-order valence-corrected chi connectivity index (χ1v) is 9.18. The van der Waals surface area contributed by atoms with Crippen molar-refractivity contribution in [2.75, 3.05) is 13.3 Å². The fourth-order valence-corrected chi connectivity index (χ4v) is 5.44. The molecule has 0 atom stereocenters. The molecule has 0 aliphatic heterocycles. The Kier molecular flexibility index (Phi) is 8.86. The molecule has 0 heterocycles. The highest BCUT2D eigenvalue weighted by Crippen LogP contribution is 2.23. The molecule has 0 radical (unpaired) electrons. The number of ether oxygens (including phenoxy) is 2. The Morgan fingerprint density at radius 2 is 1.76 bits per heavy atom. The van der Waals surface area contributed by atoms with Crippen molar-refractivity contribution >= 4 is 14.2 Å². The molecule has 0 saturated heterocycles. The standard InChI is InChI=1S/C13H26O3Si/c1-5-8-10-17(7-3,11-9-6-2)12-16-13(14)15-4/h7H,3,5-6,8-12H2,1-2,4H3. The summed E-state index contributed by atoms with van der Waals surface area (Å²) in [6.45, 7) is 8.34. The summed E-state index contributed by atoms with van der Waals surface area (Å²) in [7, 11) is -0.305. The molecule has 0 aliphatic rings. The van der Waals surface area contributed by atoms with E-state index in [9.17, 15) is 4.79 Å². The fourth-order valence-electron chi connectivity index (χ4n) is 1.85. The van der Waals surface area contributed by atoms with Gasteiger partial charge in [0.15, 0.2) is 0 Å². The maximum atomic E-state index is 11.1. The lowest BCUT2D eigenvalue weighted by atomic mass is 10.4. The molecule has 0 fully saturated rings. The molecule has 0 aromatic heterocycles. The second-order valence-corrected chi connectivity index (χ2v) is 8.94. The zero-order valence-electron chi connectivity index (χ0n) is 11.5. The third kappa shape index (κ3) is 6.51. The molecular weight excluding hydrogens is 232 g/mol. The Morgan fingerprint density at radius 3 is 2.12 bits per heavy atom. The maximum Gasteiger partial charge on any atom is 0.507 e. The van der Waals surface area contributed by atoms with Crippen LogP contribution in [0, 0.1) is 0 Å². The molecule has 0 amide bonds. The van der Waals surface area contributed by atoms with Gasteiger partial charge in [0, 0.05) is 0 Å². The second-order valence-electron chi connectivity index (χ2n) is 4.52. The predicted octanol–water partition coefficient (Wildman–Crippen LogP) is 4.08. The zero-order valence-corrected chi connectivity index (χ0v) is 12.5. The normalized spacial score (nSPS) is 11.0. The molecule has 3 nitrogen and oxygen atoms in total. The summed E-state index contributed by atoms with van der Waals surface area (Å²) in [5, 5.41) is 0. The van der Waals surface area contributed by atoms with Gasteiger partial charge in [0.1, 0.15) is 8.07 Å². The molecule has 0 spiro atoms. The van der Waals surface area contributed by atoms with Crippen LogP contribution in [0.25, 0.3) is 0 Å².